The molecule has 2 rings (SSSR count). The highest BCUT2D eigenvalue weighted by Gasteiger charge is 2.26. The van der Waals surface area contributed by atoms with Crippen LogP contribution in [0.3, 0.4) is 0 Å². The monoisotopic (exact) mass is 242 g/mol. The van der Waals surface area contributed by atoms with Crippen molar-refractivity contribution in [3.05, 3.63) is 29.8 Å². The molecule has 0 saturated carbocycles. The number of hydrogen-bond donors (Lipinski definition) is 2. The summed E-state index contributed by atoms with van der Waals surface area (Å²) in [4.78, 5) is 12.8. The van der Waals surface area contributed by atoms with E-state index in [2.05, 4.69) is 0 Å². The summed E-state index contributed by atoms with van der Waals surface area (Å²) in [5.74, 6) is 0. The van der Waals surface area contributed by atoms with Crippen LogP contribution in [0.1, 0.15) is 5.56 Å². The fourth-order valence-electron chi connectivity index (χ4n) is 1.71. The Labute approximate surface area is 92.8 Å². The third kappa shape index (κ3) is 2.15. The van der Waals surface area contributed by atoms with Crippen LogP contribution in [0.2, 0.25) is 0 Å². The Hall–Kier alpha value is -1.60. The molecule has 0 atom stereocenters. The first-order valence-electron chi connectivity index (χ1n) is 4.62. The van der Waals surface area contributed by atoms with Crippen molar-refractivity contribution >= 4 is 22.0 Å². The molecule has 1 aromatic carbocycles. The van der Waals surface area contributed by atoms with Gasteiger partial charge in [-0.15, -0.1) is 0 Å². The Morgan fingerprint density at radius 2 is 2.06 bits per heavy atom. The Bertz CT molecular complexity index is 526. The average Bonchev–Trinajstić information content (AvgIpc) is 2.58. The van der Waals surface area contributed by atoms with Gasteiger partial charge in [0.05, 0.1) is 0 Å². The minimum atomic E-state index is -4.50. The van der Waals surface area contributed by atoms with Crippen molar-refractivity contribution in [2.45, 2.75) is 6.42 Å². The molecule has 1 aliphatic heterocycles. The lowest BCUT2D eigenvalue weighted by Gasteiger charge is -2.16. The zero-order valence-corrected chi connectivity index (χ0v) is 9.07. The van der Waals surface area contributed by atoms with Crippen LogP contribution in [-0.2, 0) is 16.7 Å². The fraction of sp³-hybridized carbons (Fsp3) is 0.222. The number of carbonyl (C=O) groups is 1. The van der Waals surface area contributed by atoms with E-state index in [1.807, 2.05) is 12.1 Å². The molecule has 0 fully saturated rings. The third-order valence-corrected chi connectivity index (χ3v) is 2.78. The van der Waals surface area contributed by atoms with Crippen molar-refractivity contribution in [1.82, 2.24) is 4.72 Å². The Morgan fingerprint density at radius 3 is 2.75 bits per heavy atom. The Kier molecular flexibility index (Phi) is 2.56. The number of carbonyl (C=O) groups excluding carboxylic acids is 1. The maximum Gasteiger partial charge on any atom is 0.361 e. The number of urea groups is 1. The lowest BCUT2D eigenvalue weighted by Crippen LogP contribution is -2.41. The van der Waals surface area contributed by atoms with Gasteiger partial charge >= 0.3 is 16.3 Å². The molecule has 6 nitrogen and oxygen atoms in total. The van der Waals surface area contributed by atoms with Crippen molar-refractivity contribution < 1.29 is 17.8 Å². The number of amides is 2. The van der Waals surface area contributed by atoms with Crippen molar-refractivity contribution in [2.75, 3.05) is 11.4 Å². The summed E-state index contributed by atoms with van der Waals surface area (Å²) in [6, 6.07) is 6.37. The van der Waals surface area contributed by atoms with Gasteiger partial charge in [0, 0.05) is 12.2 Å². The number of anilines is 1. The van der Waals surface area contributed by atoms with Gasteiger partial charge in [0.1, 0.15) is 0 Å². The van der Waals surface area contributed by atoms with E-state index in [4.69, 9.17) is 4.55 Å². The predicted octanol–water partition coefficient (Wildman–Crippen LogP) is 0.562. The van der Waals surface area contributed by atoms with Crippen LogP contribution in [0.4, 0.5) is 10.5 Å². The Balaban J connectivity index is 2.23. The van der Waals surface area contributed by atoms with Crippen LogP contribution < -0.4 is 9.62 Å². The minimum Gasteiger partial charge on any atom is -0.293 e. The first kappa shape index (κ1) is 10.9. The van der Waals surface area contributed by atoms with E-state index in [-0.39, 0.29) is 0 Å². The summed E-state index contributed by atoms with van der Waals surface area (Å²) in [6.45, 7) is 0.403. The maximum atomic E-state index is 11.5. The molecule has 0 unspecified atom stereocenters. The average molecular weight is 242 g/mol. The summed E-state index contributed by atoms with van der Waals surface area (Å²) in [7, 11) is -4.50. The number of benzene rings is 1. The topological polar surface area (TPSA) is 86.7 Å². The van der Waals surface area contributed by atoms with Gasteiger partial charge in [0.25, 0.3) is 0 Å². The first-order chi connectivity index (χ1) is 7.47. The molecule has 1 aliphatic rings. The second kappa shape index (κ2) is 3.76. The summed E-state index contributed by atoms with van der Waals surface area (Å²) >= 11 is 0. The molecule has 1 heterocycles. The van der Waals surface area contributed by atoms with Gasteiger partial charge in [-0.05, 0) is 18.1 Å². The molecule has 2 N–H and O–H groups in total. The highest BCUT2D eigenvalue weighted by molar-refractivity contribution is 7.84. The number of fused-ring (bicyclic) bond motifs is 1. The zero-order chi connectivity index (χ0) is 11.8. The highest BCUT2D eigenvalue weighted by Crippen LogP contribution is 2.27. The van der Waals surface area contributed by atoms with Crippen molar-refractivity contribution in [3.8, 4) is 0 Å². The van der Waals surface area contributed by atoms with Crippen LogP contribution in [0, 0.1) is 0 Å². The number of nitrogens with zero attached hydrogens (tertiary/aromatic N) is 1. The molecule has 86 valence electrons. The molecule has 2 amide bonds. The molecule has 0 spiro atoms. The van der Waals surface area contributed by atoms with Gasteiger partial charge in [-0.25, -0.2) is 9.52 Å². The van der Waals surface area contributed by atoms with Crippen LogP contribution in [-0.4, -0.2) is 25.5 Å². The van der Waals surface area contributed by atoms with E-state index in [9.17, 15) is 13.2 Å². The molecule has 0 aliphatic carbocycles. The first-order valence-corrected chi connectivity index (χ1v) is 6.06. The van der Waals surface area contributed by atoms with Crippen molar-refractivity contribution in [3.63, 3.8) is 0 Å². The molecule has 0 bridgehead atoms. The van der Waals surface area contributed by atoms with Gasteiger partial charge in [0.2, 0.25) is 0 Å². The van der Waals surface area contributed by atoms with Gasteiger partial charge in [-0.1, -0.05) is 18.2 Å². The second-order valence-electron chi connectivity index (χ2n) is 3.41. The molecule has 0 saturated heterocycles. The largest absolute Gasteiger partial charge is 0.361 e. The summed E-state index contributed by atoms with van der Waals surface area (Å²) < 4.78 is 31.0. The molecule has 1 aromatic rings. The van der Waals surface area contributed by atoms with Crippen LogP contribution in [0.5, 0.6) is 0 Å². The number of nitrogens with one attached hydrogen (secondary N) is 1. The molecular formula is C9H10N2O4S. The van der Waals surface area contributed by atoms with E-state index in [1.54, 1.807) is 12.1 Å². The lowest BCUT2D eigenvalue weighted by atomic mass is 10.2. The quantitative estimate of drug-likeness (QED) is 0.704. The van der Waals surface area contributed by atoms with Crippen LogP contribution >= 0.6 is 0 Å². The normalized spacial score (nSPS) is 14.7. The standard InChI is InChI=1S/C9H10N2O4S/c12-9(10-16(13,14)15)11-6-5-7-3-1-2-4-8(7)11/h1-4H,5-6H2,(H,10,12)(H,13,14,15). The molecule has 0 aromatic heterocycles. The van der Waals surface area contributed by atoms with E-state index >= 15 is 0 Å². The minimum absolute atomic E-state index is 0.403. The summed E-state index contributed by atoms with van der Waals surface area (Å²) in [5.41, 5.74) is 1.65. The fourth-order valence-corrected chi connectivity index (χ4v) is 2.05. The van der Waals surface area contributed by atoms with Crippen LogP contribution in [0.15, 0.2) is 24.3 Å². The zero-order valence-electron chi connectivity index (χ0n) is 8.25. The van der Waals surface area contributed by atoms with E-state index in [1.165, 1.54) is 9.62 Å². The third-order valence-electron chi connectivity index (χ3n) is 2.35. The van der Waals surface area contributed by atoms with E-state index in [0.29, 0.717) is 18.7 Å². The Morgan fingerprint density at radius 1 is 1.38 bits per heavy atom. The second-order valence-corrected chi connectivity index (χ2v) is 4.57. The molecular weight excluding hydrogens is 232 g/mol. The van der Waals surface area contributed by atoms with Crippen molar-refractivity contribution in [1.29, 1.82) is 0 Å². The van der Waals surface area contributed by atoms with Gasteiger partial charge in [0.15, 0.2) is 0 Å². The SMILES string of the molecule is O=C(NS(=O)(=O)O)N1CCc2ccccc21. The predicted molar refractivity (Wildman–Crippen MR) is 57.6 cm³/mol. The molecule has 16 heavy (non-hydrogen) atoms. The summed E-state index contributed by atoms with van der Waals surface area (Å²) in [5, 5.41) is 0. The van der Waals surface area contributed by atoms with Gasteiger partial charge in [-0.2, -0.15) is 8.42 Å². The van der Waals surface area contributed by atoms with Gasteiger partial charge in [-0.3, -0.25) is 9.45 Å². The number of para-hydroxylation sites is 1. The number of hydrogen-bond acceptors (Lipinski definition) is 3. The molecule has 7 heteroatoms. The van der Waals surface area contributed by atoms with Gasteiger partial charge < -0.3 is 0 Å². The lowest BCUT2D eigenvalue weighted by molar-refractivity contribution is 0.250. The smallest absolute Gasteiger partial charge is 0.293 e. The number of rotatable bonds is 1. The van der Waals surface area contributed by atoms with Crippen molar-refractivity contribution in [2.24, 2.45) is 0 Å². The van der Waals surface area contributed by atoms with Crippen LogP contribution in [0.25, 0.3) is 0 Å². The maximum absolute atomic E-state index is 11.5. The van der Waals surface area contributed by atoms with E-state index in [0.717, 1.165) is 5.56 Å². The van der Waals surface area contributed by atoms with E-state index < -0.39 is 16.3 Å². The molecule has 0 radical (unpaired) electrons. The summed E-state index contributed by atoms with van der Waals surface area (Å²) in [6.07, 6.45) is 0.676. The highest BCUT2D eigenvalue weighted by atomic mass is 32.2.